The molecule has 0 aliphatic carbocycles. The molecule has 132 valence electrons. The first-order valence-corrected chi connectivity index (χ1v) is 9.02. The number of hydrogen-bond donors (Lipinski definition) is 1. The lowest BCUT2D eigenvalue weighted by Crippen LogP contribution is -2.41. The number of rotatable bonds is 7. The minimum absolute atomic E-state index is 0.0159. The molecule has 0 fully saturated rings. The third-order valence-corrected chi connectivity index (χ3v) is 5.23. The van der Waals surface area contributed by atoms with Crippen molar-refractivity contribution in [3.8, 4) is 0 Å². The minimum atomic E-state index is -4.11. The first kappa shape index (κ1) is 18.7. The number of aryl methyl sites for hydroxylation is 1. The molecule has 0 saturated carbocycles. The highest BCUT2D eigenvalue weighted by molar-refractivity contribution is 7.92. The number of sulfonamides is 1. The van der Waals surface area contributed by atoms with Crippen LogP contribution in [0.4, 0.5) is 10.1 Å². The van der Waals surface area contributed by atoms with Gasteiger partial charge in [-0.2, -0.15) is 0 Å². The second-order valence-electron chi connectivity index (χ2n) is 5.37. The molecule has 7 heteroatoms. The average Bonchev–Trinajstić information content (AvgIpc) is 2.59. The molecule has 1 amide bonds. The zero-order chi connectivity index (χ0) is 18.4. The van der Waals surface area contributed by atoms with Gasteiger partial charge in [-0.15, -0.1) is 6.58 Å². The number of carbonyl (C=O) groups excluding carboxylic acids is 1. The molecule has 0 aromatic heterocycles. The summed E-state index contributed by atoms with van der Waals surface area (Å²) in [5, 5.41) is 2.50. The summed E-state index contributed by atoms with van der Waals surface area (Å²) in [4.78, 5) is 12.0. The first-order chi connectivity index (χ1) is 11.9. The molecular formula is C18H19FN2O3S. The SMILES string of the molecule is C=CCNC(=O)CN(c1ccccc1F)S(=O)(=O)c1ccc(C)cc1. The van der Waals surface area contributed by atoms with Gasteiger partial charge in [0, 0.05) is 6.54 Å². The number of carbonyl (C=O) groups is 1. The molecule has 25 heavy (non-hydrogen) atoms. The fraction of sp³-hybridized carbons (Fsp3) is 0.167. The van der Waals surface area contributed by atoms with Crippen LogP contribution in [0.2, 0.25) is 0 Å². The van der Waals surface area contributed by atoms with Crippen LogP contribution in [-0.4, -0.2) is 27.4 Å². The third kappa shape index (κ3) is 4.45. The van der Waals surface area contributed by atoms with E-state index in [1.807, 2.05) is 6.92 Å². The van der Waals surface area contributed by atoms with Gasteiger partial charge >= 0.3 is 0 Å². The number of anilines is 1. The molecule has 2 aromatic carbocycles. The summed E-state index contributed by atoms with van der Waals surface area (Å²) in [6.45, 7) is 4.96. The van der Waals surface area contributed by atoms with Crippen molar-refractivity contribution in [3.63, 3.8) is 0 Å². The van der Waals surface area contributed by atoms with E-state index in [2.05, 4.69) is 11.9 Å². The lowest BCUT2D eigenvalue weighted by Gasteiger charge is -2.24. The number of hydrogen-bond acceptors (Lipinski definition) is 3. The summed E-state index contributed by atoms with van der Waals surface area (Å²) >= 11 is 0. The second-order valence-corrected chi connectivity index (χ2v) is 7.23. The van der Waals surface area contributed by atoms with Crippen LogP contribution < -0.4 is 9.62 Å². The van der Waals surface area contributed by atoms with Gasteiger partial charge in [0.2, 0.25) is 5.91 Å². The third-order valence-electron chi connectivity index (χ3n) is 3.46. The zero-order valence-corrected chi connectivity index (χ0v) is 14.6. The van der Waals surface area contributed by atoms with Crippen LogP contribution >= 0.6 is 0 Å². The second kappa shape index (κ2) is 7.94. The van der Waals surface area contributed by atoms with Gasteiger partial charge in [-0.3, -0.25) is 9.10 Å². The Labute approximate surface area is 146 Å². The number of para-hydroxylation sites is 1. The molecule has 0 spiro atoms. The Hall–Kier alpha value is -2.67. The molecule has 0 radical (unpaired) electrons. The van der Waals surface area contributed by atoms with E-state index >= 15 is 0 Å². The highest BCUT2D eigenvalue weighted by atomic mass is 32.2. The molecule has 0 saturated heterocycles. The van der Waals surface area contributed by atoms with Crippen molar-refractivity contribution >= 4 is 21.6 Å². The van der Waals surface area contributed by atoms with Crippen LogP contribution in [0.25, 0.3) is 0 Å². The molecule has 0 aliphatic heterocycles. The van der Waals surface area contributed by atoms with Crippen LogP contribution in [0, 0.1) is 12.7 Å². The molecule has 2 rings (SSSR count). The van der Waals surface area contributed by atoms with Gasteiger partial charge in [0.15, 0.2) is 0 Å². The monoisotopic (exact) mass is 362 g/mol. The van der Waals surface area contributed by atoms with E-state index in [4.69, 9.17) is 0 Å². The summed E-state index contributed by atoms with van der Waals surface area (Å²) < 4.78 is 40.9. The van der Waals surface area contributed by atoms with E-state index in [9.17, 15) is 17.6 Å². The summed E-state index contributed by atoms with van der Waals surface area (Å²) in [5.74, 6) is -1.28. The van der Waals surface area contributed by atoms with E-state index < -0.39 is 28.3 Å². The van der Waals surface area contributed by atoms with Crippen molar-refractivity contribution in [2.45, 2.75) is 11.8 Å². The van der Waals surface area contributed by atoms with Gasteiger partial charge < -0.3 is 5.32 Å². The maximum atomic E-state index is 14.2. The topological polar surface area (TPSA) is 66.5 Å². The van der Waals surface area contributed by atoms with E-state index in [0.717, 1.165) is 15.9 Å². The van der Waals surface area contributed by atoms with Crippen molar-refractivity contribution in [1.29, 1.82) is 0 Å². The molecule has 0 heterocycles. The molecule has 1 N–H and O–H groups in total. The molecule has 2 aromatic rings. The number of halogens is 1. The van der Waals surface area contributed by atoms with Crippen LogP contribution in [0.15, 0.2) is 66.1 Å². The van der Waals surface area contributed by atoms with E-state index in [1.165, 1.54) is 36.4 Å². The van der Waals surface area contributed by atoms with Crippen molar-refractivity contribution < 1.29 is 17.6 Å². The molecule has 0 bridgehead atoms. The van der Waals surface area contributed by atoms with Crippen molar-refractivity contribution in [2.24, 2.45) is 0 Å². The van der Waals surface area contributed by atoms with Gasteiger partial charge in [0.25, 0.3) is 10.0 Å². The predicted molar refractivity (Wildman–Crippen MR) is 95.3 cm³/mol. The minimum Gasteiger partial charge on any atom is -0.351 e. The standard InChI is InChI=1S/C18H19FN2O3S/c1-3-12-20-18(22)13-21(17-7-5-4-6-16(17)19)25(23,24)15-10-8-14(2)9-11-15/h3-11H,1,12-13H2,2H3,(H,20,22). The van der Waals surface area contributed by atoms with Gasteiger partial charge in [-0.05, 0) is 31.2 Å². The Morgan fingerprint density at radius 3 is 2.44 bits per heavy atom. The van der Waals surface area contributed by atoms with E-state index in [0.29, 0.717) is 0 Å². The van der Waals surface area contributed by atoms with Crippen molar-refractivity contribution in [2.75, 3.05) is 17.4 Å². The lowest BCUT2D eigenvalue weighted by atomic mass is 10.2. The lowest BCUT2D eigenvalue weighted by molar-refractivity contribution is -0.119. The van der Waals surface area contributed by atoms with Gasteiger partial charge in [-0.1, -0.05) is 35.9 Å². The number of nitrogens with one attached hydrogen (secondary N) is 1. The highest BCUT2D eigenvalue weighted by Crippen LogP contribution is 2.26. The molecule has 5 nitrogen and oxygen atoms in total. The smallest absolute Gasteiger partial charge is 0.264 e. The normalized spacial score (nSPS) is 11.0. The maximum Gasteiger partial charge on any atom is 0.264 e. The van der Waals surface area contributed by atoms with Crippen molar-refractivity contribution in [3.05, 3.63) is 72.6 Å². The largest absolute Gasteiger partial charge is 0.351 e. The summed E-state index contributed by atoms with van der Waals surface area (Å²) in [6, 6.07) is 11.6. The van der Waals surface area contributed by atoms with Gasteiger partial charge in [0.1, 0.15) is 12.4 Å². The molecule has 0 atom stereocenters. The fourth-order valence-electron chi connectivity index (χ4n) is 2.16. The number of nitrogens with zero attached hydrogens (tertiary/aromatic N) is 1. The quantitative estimate of drug-likeness (QED) is 0.770. The van der Waals surface area contributed by atoms with Gasteiger partial charge in [0.05, 0.1) is 10.6 Å². The molecule has 0 unspecified atom stereocenters. The predicted octanol–water partition coefficient (Wildman–Crippen LogP) is 2.63. The first-order valence-electron chi connectivity index (χ1n) is 7.58. The maximum absolute atomic E-state index is 14.2. The highest BCUT2D eigenvalue weighted by Gasteiger charge is 2.28. The van der Waals surface area contributed by atoms with Crippen LogP contribution in [-0.2, 0) is 14.8 Å². The molecular weight excluding hydrogens is 343 g/mol. The Morgan fingerprint density at radius 1 is 1.20 bits per heavy atom. The van der Waals surface area contributed by atoms with Crippen molar-refractivity contribution in [1.82, 2.24) is 5.32 Å². The summed E-state index contributed by atoms with van der Waals surface area (Å²) in [6.07, 6.45) is 1.47. The van der Waals surface area contributed by atoms with E-state index in [-0.39, 0.29) is 17.1 Å². The summed E-state index contributed by atoms with van der Waals surface area (Å²) in [7, 11) is -4.11. The fourth-order valence-corrected chi connectivity index (χ4v) is 3.59. The number of benzene rings is 2. The zero-order valence-electron chi connectivity index (χ0n) is 13.8. The Kier molecular flexibility index (Phi) is 5.93. The average molecular weight is 362 g/mol. The van der Waals surface area contributed by atoms with E-state index in [1.54, 1.807) is 12.1 Å². The van der Waals surface area contributed by atoms with Gasteiger partial charge in [-0.25, -0.2) is 12.8 Å². The van der Waals surface area contributed by atoms with Crippen LogP contribution in [0.3, 0.4) is 0 Å². The van der Waals surface area contributed by atoms with Crippen LogP contribution in [0.1, 0.15) is 5.56 Å². The Bertz CT molecular complexity index is 864. The number of amides is 1. The summed E-state index contributed by atoms with van der Waals surface area (Å²) in [5.41, 5.74) is 0.706. The Balaban J connectivity index is 2.46. The molecule has 0 aliphatic rings. The Morgan fingerprint density at radius 2 is 1.84 bits per heavy atom. The van der Waals surface area contributed by atoms with Crippen LogP contribution in [0.5, 0.6) is 0 Å².